The largest absolute Gasteiger partial charge is 0.353 e. The van der Waals surface area contributed by atoms with Crippen molar-refractivity contribution in [3.63, 3.8) is 0 Å². The first-order valence-corrected chi connectivity index (χ1v) is 5.58. The second-order valence-corrected chi connectivity index (χ2v) is 3.63. The van der Waals surface area contributed by atoms with Crippen LogP contribution < -0.4 is 10.6 Å². The van der Waals surface area contributed by atoms with Crippen LogP contribution in [0.15, 0.2) is 30.3 Å². The molecule has 1 amide bonds. The van der Waals surface area contributed by atoms with Crippen LogP contribution in [0.1, 0.15) is 12.0 Å². The van der Waals surface area contributed by atoms with Gasteiger partial charge >= 0.3 is 0 Å². The molecular formula is C13H17FN2O. The Morgan fingerprint density at radius 1 is 1.29 bits per heavy atom. The maximum absolute atomic E-state index is 12.6. The lowest BCUT2D eigenvalue weighted by molar-refractivity contribution is -0.116. The molecule has 92 valence electrons. The van der Waals surface area contributed by atoms with Gasteiger partial charge < -0.3 is 10.6 Å². The average Bonchev–Trinajstić information content (AvgIpc) is 2.34. The zero-order valence-electron chi connectivity index (χ0n) is 9.87. The molecule has 4 heteroatoms. The van der Waals surface area contributed by atoms with Crippen molar-refractivity contribution in [1.82, 2.24) is 10.6 Å². The molecule has 0 unspecified atom stereocenters. The second-order valence-electron chi connectivity index (χ2n) is 3.63. The molecule has 0 saturated heterocycles. The SMILES string of the molecule is CNCCCNC(=O)/C=C/c1ccc(F)cc1. The highest BCUT2D eigenvalue weighted by Gasteiger charge is 1.94. The molecule has 0 atom stereocenters. The van der Waals surface area contributed by atoms with Gasteiger partial charge in [0.25, 0.3) is 0 Å². The molecule has 17 heavy (non-hydrogen) atoms. The molecule has 0 heterocycles. The van der Waals surface area contributed by atoms with Crippen LogP contribution in [-0.2, 0) is 4.79 Å². The number of amides is 1. The molecule has 3 nitrogen and oxygen atoms in total. The Morgan fingerprint density at radius 2 is 2.00 bits per heavy atom. The third-order valence-corrected chi connectivity index (χ3v) is 2.20. The van der Waals surface area contributed by atoms with E-state index in [9.17, 15) is 9.18 Å². The minimum Gasteiger partial charge on any atom is -0.353 e. The van der Waals surface area contributed by atoms with E-state index in [2.05, 4.69) is 10.6 Å². The predicted octanol–water partition coefficient (Wildman–Crippen LogP) is 1.56. The van der Waals surface area contributed by atoms with E-state index in [1.165, 1.54) is 18.2 Å². The summed E-state index contributed by atoms with van der Waals surface area (Å²) in [6.45, 7) is 1.52. The van der Waals surface area contributed by atoms with Gasteiger partial charge in [-0.25, -0.2) is 4.39 Å². The summed E-state index contributed by atoms with van der Waals surface area (Å²) < 4.78 is 12.6. The molecule has 1 rings (SSSR count). The maximum atomic E-state index is 12.6. The molecule has 0 bridgehead atoms. The van der Waals surface area contributed by atoms with Crippen LogP contribution in [-0.4, -0.2) is 26.0 Å². The quantitative estimate of drug-likeness (QED) is 0.581. The lowest BCUT2D eigenvalue weighted by Gasteiger charge is -2.01. The summed E-state index contributed by atoms with van der Waals surface area (Å²) in [6.07, 6.45) is 4.01. The van der Waals surface area contributed by atoms with Crippen LogP contribution >= 0.6 is 0 Å². The number of hydrogen-bond acceptors (Lipinski definition) is 2. The molecule has 0 radical (unpaired) electrons. The number of benzene rings is 1. The van der Waals surface area contributed by atoms with E-state index in [0.717, 1.165) is 18.5 Å². The number of carbonyl (C=O) groups is 1. The summed E-state index contributed by atoms with van der Waals surface area (Å²) >= 11 is 0. The summed E-state index contributed by atoms with van der Waals surface area (Å²) in [5, 5.41) is 5.76. The average molecular weight is 236 g/mol. The van der Waals surface area contributed by atoms with Gasteiger partial charge in [0.1, 0.15) is 5.82 Å². The minimum atomic E-state index is -0.279. The van der Waals surface area contributed by atoms with E-state index in [-0.39, 0.29) is 11.7 Å². The van der Waals surface area contributed by atoms with Gasteiger partial charge in [-0.2, -0.15) is 0 Å². The Morgan fingerprint density at radius 3 is 2.65 bits per heavy atom. The molecule has 0 spiro atoms. The third-order valence-electron chi connectivity index (χ3n) is 2.20. The summed E-state index contributed by atoms with van der Waals surface area (Å²) in [7, 11) is 1.87. The summed E-state index contributed by atoms with van der Waals surface area (Å²) in [4.78, 5) is 11.4. The van der Waals surface area contributed by atoms with Crippen molar-refractivity contribution in [3.8, 4) is 0 Å². The van der Waals surface area contributed by atoms with Crippen molar-refractivity contribution in [2.75, 3.05) is 20.1 Å². The first-order chi connectivity index (χ1) is 8.22. The first kappa shape index (κ1) is 13.4. The maximum Gasteiger partial charge on any atom is 0.243 e. The Bertz CT molecular complexity index is 374. The molecule has 0 aromatic heterocycles. The van der Waals surface area contributed by atoms with Crippen LogP contribution in [0.2, 0.25) is 0 Å². The number of rotatable bonds is 6. The van der Waals surface area contributed by atoms with Crippen molar-refractivity contribution < 1.29 is 9.18 Å². The van der Waals surface area contributed by atoms with E-state index in [1.54, 1.807) is 18.2 Å². The molecule has 0 fully saturated rings. The van der Waals surface area contributed by atoms with Gasteiger partial charge in [0.2, 0.25) is 5.91 Å². The smallest absolute Gasteiger partial charge is 0.243 e. The molecule has 0 aliphatic heterocycles. The van der Waals surface area contributed by atoms with Gasteiger partial charge in [0, 0.05) is 12.6 Å². The highest BCUT2D eigenvalue weighted by molar-refractivity contribution is 5.91. The van der Waals surface area contributed by atoms with E-state index < -0.39 is 0 Å². The van der Waals surface area contributed by atoms with Crippen LogP contribution in [0.3, 0.4) is 0 Å². The number of carbonyl (C=O) groups excluding carboxylic acids is 1. The Kier molecular flexibility index (Phi) is 5.96. The van der Waals surface area contributed by atoms with Crippen molar-refractivity contribution in [1.29, 1.82) is 0 Å². The van der Waals surface area contributed by atoms with Gasteiger partial charge in [-0.15, -0.1) is 0 Å². The molecule has 0 saturated carbocycles. The van der Waals surface area contributed by atoms with Gasteiger partial charge in [0.05, 0.1) is 0 Å². The molecule has 2 N–H and O–H groups in total. The third kappa shape index (κ3) is 5.82. The van der Waals surface area contributed by atoms with Crippen LogP contribution in [0.5, 0.6) is 0 Å². The van der Waals surface area contributed by atoms with E-state index in [4.69, 9.17) is 0 Å². The predicted molar refractivity (Wildman–Crippen MR) is 67.0 cm³/mol. The van der Waals surface area contributed by atoms with Crippen molar-refractivity contribution in [2.24, 2.45) is 0 Å². The van der Waals surface area contributed by atoms with Gasteiger partial charge in [0.15, 0.2) is 0 Å². The molecule has 0 aliphatic carbocycles. The fourth-order valence-corrected chi connectivity index (χ4v) is 1.28. The second kappa shape index (κ2) is 7.57. The van der Waals surface area contributed by atoms with E-state index >= 15 is 0 Å². The van der Waals surface area contributed by atoms with Gasteiger partial charge in [-0.05, 0) is 43.8 Å². The van der Waals surface area contributed by atoms with E-state index in [0.29, 0.717) is 6.54 Å². The van der Waals surface area contributed by atoms with Crippen molar-refractivity contribution in [2.45, 2.75) is 6.42 Å². The fourth-order valence-electron chi connectivity index (χ4n) is 1.28. The zero-order chi connectivity index (χ0) is 12.5. The van der Waals surface area contributed by atoms with Gasteiger partial charge in [-0.1, -0.05) is 12.1 Å². The summed E-state index contributed by atoms with van der Waals surface area (Å²) in [5.74, 6) is -0.413. The van der Waals surface area contributed by atoms with Crippen LogP contribution in [0.4, 0.5) is 4.39 Å². The Labute approximate surface area is 101 Å². The summed E-state index contributed by atoms with van der Waals surface area (Å²) in [6, 6.07) is 5.98. The van der Waals surface area contributed by atoms with Crippen LogP contribution in [0, 0.1) is 5.82 Å². The Hall–Kier alpha value is -1.68. The molecule has 1 aromatic rings. The topological polar surface area (TPSA) is 41.1 Å². The van der Waals surface area contributed by atoms with E-state index in [1.807, 2.05) is 7.05 Å². The number of nitrogens with one attached hydrogen (secondary N) is 2. The fraction of sp³-hybridized carbons (Fsp3) is 0.308. The number of halogens is 1. The summed E-state index contributed by atoms with van der Waals surface area (Å²) in [5.41, 5.74) is 0.803. The Balaban J connectivity index is 2.32. The normalized spacial score (nSPS) is 10.7. The minimum absolute atomic E-state index is 0.134. The number of hydrogen-bond donors (Lipinski definition) is 2. The monoisotopic (exact) mass is 236 g/mol. The lowest BCUT2D eigenvalue weighted by atomic mass is 10.2. The highest BCUT2D eigenvalue weighted by atomic mass is 19.1. The standard InChI is InChI=1S/C13H17FN2O/c1-15-9-2-10-16-13(17)8-5-11-3-6-12(14)7-4-11/h3-8,15H,2,9-10H2,1H3,(H,16,17)/b8-5+. The van der Waals surface area contributed by atoms with Crippen LogP contribution in [0.25, 0.3) is 6.08 Å². The molecule has 1 aromatic carbocycles. The van der Waals surface area contributed by atoms with Crippen molar-refractivity contribution >= 4 is 12.0 Å². The lowest BCUT2D eigenvalue weighted by Crippen LogP contribution is -2.24. The zero-order valence-corrected chi connectivity index (χ0v) is 9.87. The first-order valence-electron chi connectivity index (χ1n) is 5.58. The van der Waals surface area contributed by atoms with Crippen molar-refractivity contribution in [3.05, 3.63) is 41.7 Å². The van der Waals surface area contributed by atoms with Gasteiger partial charge in [-0.3, -0.25) is 4.79 Å². The molecule has 0 aliphatic rings. The highest BCUT2D eigenvalue weighted by Crippen LogP contribution is 2.04. The molecular weight excluding hydrogens is 219 g/mol.